The fraction of sp³-hybridized carbons (Fsp3) is 0.381. The van der Waals surface area contributed by atoms with Gasteiger partial charge < -0.3 is 5.32 Å². The van der Waals surface area contributed by atoms with E-state index in [1.54, 1.807) is 0 Å². The van der Waals surface area contributed by atoms with Crippen molar-refractivity contribution >= 4 is 17.5 Å². The van der Waals surface area contributed by atoms with E-state index in [4.69, 9.17) is 11.6 Å². The van der Waals surface area contributed by atoms with Gasteiger partial charge in [0.25, 0.3) is 0 Å². The maximum atomic E-state index is 12.6. The fourth-order valence-corrected chi connectivity index (χ4v) is 3.63. The standard InChI is InChI=1S/C21H25ClN2O/c1-16-6-4-7-17(12-16)13-23-21(25)19-9-5-11-24(15-19)14-18-8-2-3-10-20(18)22/h2-4,6-8,10,12,19H,5,9,11,13-15H2,1H3,(H,23,25)/t19-/m0/s1. The van der Waals surface area contributed by atoms with Gasteiger partial charge in [0.05, 0.1) is 5.92 Å². The highest BCUT2D eigenvalue weighted by Gasteiger charge is 2.25. The normalized spacial score (nSPS) is 18.1. The number of likely N-dealkylation sites (tertiary alicyclic amines) is 1. The molecule has 1 heterocycles. The third kappa shape index (κ3) is 5.07. The number of benzene rings is 2. The van der Waals surface area contributed by atoms with Gasteiger partial charge in [-0.15, -0.1) is 0 Å². The van der Waals surface area contributed by atoms with Crippen molar-refractivity contribution in [2.75, 3.05) is 13.1 Å². The molecule has 0 unspecified atom stereocenters. The average molecular weight is 357 g/mol. The smallest absolute Gasteiger partial charge is 0.224 e. The summed E-state index contributed by atoms with van der Waals surface area (Å²) in [5.74, 6) is 0.214. The number of nitrogens with one attached hydrogen (secondary N) is 1. The van der Waals surface area contributed by atoms with Gasteiger partial charge in [0, 0.05) is 24.7 Å². The number of rotatable bonds is 5. The number of aryl methyl sites for hydroxylation is 1. The molecule has 0 bridgehead atoms. The lowest BCUT2D eigenvalue weighted by Crippen LogP contribution is -2.42. The van der Waals surface area contributed by atoms with E-state index in [0.29, 0.717) is 6.54 Å². The molecule has 0 radical (unpaired) electrons. The van der Waals surface area contributed by atoms with E-state index in [9.17, 15) is 4.79 Å². The molecule has 2 aromatic rings. The summed E-state index contributed by atoms with van der Waals surface area (Å²) in [4.78, 5) is 14.9. The SMILES string of the molecule is Cc1cccc(CNC(=O)[C@H]2CCCN(Cc3ccccc3Cl)C2)c1. The van der Waals surface area contributed by atoms with Crippen LogP contribution in [0.1, 0.15) is 29.5 Å². The predicted molar refractivity (Wildman–Crippen MR) is 102 cm³/mol. The molecule has 0 saturated carbocycles. The van der Waals surface area contributed by atoms with E-state index >= 15 is 0 Å². The molecule has 1 saturated heterocycles. The first kappa shape index (κ1) is 18.0. The van der Waals surface area contributed by atoms with Crippen LogP contribution in [0.5, 0.6) is 0 Å². The van der Waals surface area contributed by atoms with Crippen molar-refractivity contribution in [3.8, 4) is 0 Å². The van der Waals surface area contributed by atoms with Gasteiger partial charge in [-0.05, 0) is 43.5 Å². The molecule has 3 rings (SSSR count). The second kappa shape index (κ2) is 8.50. The number of nitrogens with zero attached hydrogens (tertiary/aromatic N) is 1. The van der Waals surface area contributed by atoms with Crippen LogP contribution in [0, 0.1) is 12.8 Å². The Bertz CT molecular complexity index is 731. The number of hydrogen-bond donors (Lipinski definition) is 1. The third-order valence-electron chi connectivity index (χ3n) is 4.78. The predicted octanol–water partition coefficient (Wildman–Crippen LogP) is 4.18. The molecule has 1 amide bonds. The summed E-state index contributed by atoms with van der Waals surface area (Å²) in [5, 5.41) is 3.90. The van der Waals surface area contributed by atoms with Crippen molar-refractivity contribution in [3.05, 3.63) is 70.2 Å². The van der Waals surface area contributed by atoms with E-state index in [2.05, 4.69) is 41.4 Å². The highest BCUT2D eigenvalue weighted by molar-refractivity contribution is 6.31. The minimum Gasteiger partial charge on any atom is -0.352 e. The Morgan fingerprint density at radius 2 is 2.08 bits per heavy atom. The van der Waals surface area contributed by atoms with Crippen molar-refractivity contribution in [2.45, 2.75) is 32.9 Å². The van der Waals surface area contributed by atoms with Gasteiger partial charge in [-0.25, -0.2) is 0 Å². The van der Waals surface area contributed by atoms with Crippen LogP contribution in [-0.2, 0) is 17.9 Å². The third-order valence-corrected chi connectivity index (χ3v) is 5.15. The number of hydrogen-bond acceptors (Lipinski definition) is 2. The maximum Gasteiger partial charge on any atom is 0.224 e. The van der Waals surface area contributed by atoms with Crippen LogP contribution in [0.25, 0.3) is 0 Å². The Morgan fingerprint density at radius 3 is 2.88 bits per heavy atom. The summed E-state index contributed by atoms with van der Waals surface area (Å²) in [7, 11) is 0. The Hall–Kier alpha value is -1.84. The second-order valence-electron chi connectivity index (χ2n) is 6.87. The summed E-state index contributed by atoms with van der Waals surface area (Å²) in [5.41, 5.74) is 3.50. The van der Waals surface area contributed by atoms with Crippen molar-refractivity contribution in [1.82, 2.24) is 10.2 Å². The summed E-state index contributed by atoms with van der Waals surface area (Å²) >= 11 is 6.27. The van der Waals surface area contributed by atoms with Crippen molar-refractivity contribution in [1.29, 1.82) is 0 Å². The van der Waals surface area contributed by atoms with Gasteiger partial charge in [0.15, 0.2) is 0 Å². The topological polar surface area (TPSA) is 32.3 Å². The molecule has 1 aliphatic heterocycles. The lowest BCUT2D eigenvalue weighted by Gasteiger charge is -2.32. The summed E-state index contributed by atoms with van der Waals surface area (Å²) in [6.45, 7) is 5.29. The van der Waals surface area contributed by atoms with E-state index in [1.165, 1.54) is 5.56 Å². The molecule has 0 aliphatic carbocycles. The average Bonchev–Trinajstić information content (AvgIpc) is 2.62. The minimum atomic E-state index is 0.0565. The Labute approximate surface area is 155 Å². The molecule has 2 aromatic carbocycles. The summed E-state index contributed by atoms with van der Waals surface area (Å²) in [6, 6.07) is 16.2. The minimum absolute atomic E-state index is 0.0565. The van der Waals surface area contributed by atoms with Gasteiger partial charge in [-0.3, -0.25) is 9.69 Å². The van der Waals surface area contributed by atoms with Gasteiger partial charge in [0.2, 0.25) is 5.91 Å². The van der Waals surface area contributed by atoms with Gasteiger partial charge >= 0.3 is 0 Å². The zero-order chi connectivity index (χ0) is 17.6. The molecule has 132 valence electrons. The highest BCUT2D eigenvalue weighted by atomic mass is 35.5. The van der Waals surface area contributed by atoms with Crippen LogP contribution < -0.4 is 5.32 Å². The number of piperidine rings is 1. The lowest BCUT2D eigenvalue weighted by atomic mass is 9.96. The molecular formula is C21H25ClN2O. The van der Waals surface area contributed by atoms with Crippen LogP contribution in [0.4, 0.5) is 0 Å². The highest BCUT2D eigenvalue weighted by Crippen LogP contribution is 2.22. The molecule has 1 fully saturated rings. The van der Waals surface area contributed by atoms with Crippen LogP contribution in [0.15, 0.2) is 48.5 Å². The van der Waals surface area contributed by atoms with E-state index in [1.807, 2.05) is 24.3 Å². The first-order chi connectivity index (χ1) is 12.1. The molecular weight excluding hydrogens is 332 g/mol. The largest absolute Gasteiger partial charge is 0.352 e. The zero-order valence-electron chi connectivity index (χ0n) is 14.7. The lowest BCUT2D eigenvalue weighted by molar-refractivity contribution is -0.126. The van der Waals surface area contributed by atoms with Crippen LogP contribution in [0.3, 0.4) is 0 Å². The van der Waals surface area contributed by atoms with E-state index < -0.39 is 0 Å². The number of halogens is 1. The second-order valence-corrected chi connectivity index (χ2v) is 7.28. The van der Waals surface area contributed by atoms with Gasteiger partial charge in [-0.1, -0.05) is 59.6 Å². The Balaban J connectivity index is 1.53. The van der Waals surface area contributed by atoms with Crippen LogP contribution >= 0.6 is 11.6 Å². The monoisotopic (exact) mass is 356 g/mol. The number of carbonyl (C=O) groups is 1. The zero-order valence-corrected chi connectivity index (χ0v) is 15.4. The summed E-state index contributed by atoms with van der Waals surface area (Å²) < 4.78 is 0. The Kier molecular flexibility index (Phi) is 6.11. The van der Waals surface area contributed by atoms with Crippen molar-refractivity contribution in [3.63, 3.8) is 0 Å². The Morgan fingerprint density at radius 1 is 1.24 bits per heavy atom. The van der Waals surface area contributed by atoms with Gasteiger partial charge in [-0.2, -0.15) is 0 Å². The van der Waals surface area contributed by atoms with Crippen molar-refractivity contribution < 1.29 is 4.79 Å². The molecule has 0 spiro atoms. The first-order valence-electron chi connectivity index (χ1n) is 8.91. The van der Waals surface area contributed by atoms with Crippen LogP contribution in [0.2, 0.25) is 5.02 Å². The molecule has 1 N–H and O–H groups in total. The quantitative estimate of drug-likeness (QED) is 0.871. The van der Waals surface area contributed by atoms with E-state index in [0.717, 1.165) is 48.6 Å². The van der Waals surface area contributed by atoms with Gasteiger partial charge in [0.1, 0.15) is 0 Å². The first-order valence-corrected chi connectivity index (χ1v) is 9.28. The number of amides is 1. The van der Waals surface area contributed by atoms with E-state index in [-0.39, 0.29) is 11.8 Å². The molecule has 4 heteroatoms. The summed E-state index contributed by atoms with van der Waals surface area (Å²) in [6.07, 6.45) is 2.01. The molecule has 3 nitrogen and oxygen atoms in total. The molecule has 1 aliphatic rings. The fourth-order valence-electron chi connectivity index (χ4n) is 3.44. The maximum absolute atomic E-state index is 12.6. The molecule has 25 heavy (non-hydrogen) atoms. The number of carbonyl (C=O) groups excluding carboxylic acids is 1. The van der Waals surface area contributed by atoms with Crippen molar-refractivity contribution in [2.24, 2.45) is 5.92 Å². The molecule has 0 aromatic heterocycles. The van der Waals surface area contributed by atoms with Crippen LogP contribution in [-0.4, -0.2) is 23.9 Å². The molecule has 1 atom stereocenters.